The molecule has 1 aromatic rings. The molecule has 0 radical (unpaired) electrons. The molecular formula is C17H25ClN2O2. The van der Waals surface area contributed by atoms with Gasteiger partial charge in [0, 0.05) is 18.1 Å². The van der Waals surface area contributed by atoms with Crippen molar-refractivity contribution >= 4 is 18.3 Å². The molecule has 4 unspecified atom stereocenters. The highest BCUT2D eigenvalue weighted by molar-refractivity contribution is 5.85. The molecule has 2 aliphatic heterocycles. The fourth-order valence-corrected chi connectivity index (χ4v) is 3.86. The van der Waals surface area contributed by atoms with Crippen LogP contribution in [0.1, 0.15) is 44.2 Å². The van der Waals surface area contributed by atoms with E-state index >= 15 is 0 Å². The molecule has 2 fully saturated rings. The minimum atomic E-state index is -0.273. The lowest BCUT2D eigenvalue weighted by Gasteiger charge is -2.39. The molecule has 2 bridgehead atoms. The molecule has 0 saturated carbocycles. The highest BCUT2D eigenvalue weighted by Crippen LogP contribution is 2.37. The number of carbonyl (C=O) groups excluding carboxylic acids is 1. The fourth-order valence-electron chi connectivity index (χ4n) is 3.86. The molecule has 22 heavy (non-hydrogen) atoms. The van der Waals surface area contributed by atoms with Gasteiger partial charge in [-0.25, -0.2) is 0 Å². The van der Waals surface area contributed by atoms with Gasteiger partial charge in [0.05, 0.1) is 12.0 Å². The zero-order valence-electron chi connectivity index (χ0n) is 12.9. The molecule has 2 saturated heterocycles. The van der Waals surface area contributed by atoms with E-state index < -0.39 is 0 Å². The van der Waals surface area contributed by atoms with Crippen molar-refractivity contribution in [3.8, 4) is 0 Å². The van der Waals surface area contributed by atoms with Crippen molar-refractivity contribution < 1.29 is 9.90 Å². The zero-order chi connectivity index (χ0) is 15.0. The Balaban J connectivity index is 0.00000176. The Morgan fingerprint density at radius 2 is 1.77 bits per heavy atom. The third-order valence-electron chi connectivity index (χ3n) is 5.08. The maximum atomic E-state index is 12.8. The maximum Gasteiger partial charge on any atom is 0.227 e. The van der Waals surface area contributed by atoms with E-state index in [1.54, 1.807) is 0 Å². The van der Waals surface area contributed by atoms with Gasteiger partial charge in [0.25, 0.3) is 0 Å². The molecule has 2 aliphatic rings. The van der Waals surface area contributed by atoms with E-state index in [1.165, 1.54) is 0 Å². The van der Waals surface area contributed by atoms with E-state index in [0.717, 1.165) is 31.2 Å². The summed E-state index contributed by atoms with van der Waals surface area (Å²) in [5.74, 6) is -0.0866. The van der Waals surface area contributed by atoms with Crippen LogP contribution in [-0.2, 0) is 4.79 Å². The normalized spacial score (nSPS) is 29.6. The van der Waals surface area contributed by atoms with Crippen LogP contribution in [0.5, 0.6) is 0 Å². The highest BCUT2D eigenvalue weighted by atomic mass is 35.5. The van der Waals surface area contributed by atoms with Crippen molar-refractivity contribution in [3.05, 3.63) is 35.9 Å². The molecule has 2 heterocycles. The number of amides is 1. The topological polar surface area (TPSA) is 66.6 Å². The van der Waals surface area contributed by atoms with Gasteiger partial charge in [-0.1, -0.05) is 37.3 Å². The summed E-state index contributed by atoms with van der Waals surface area (Å²) in [5, 5.41) is 9.85. The number of rotatable bonds is 3. The summed E-state index contributed by atoms with van der Waals surface area (Å²) in [7, 11) is 0. The average molecular weight is 325 g/mol. The second-order valence-corrected chi connectivity index (χ2v) is 6.48. The first-order valence-electron chi connectivity index (χ1n) is 7.88. The molecule has 1 amide bonds. The van der Waals surface area contributed by atoms with Gasteiger partial charge < -0.3 is 15.7 Å². The Morgan fingerprint density at radius 3 is 2.32 bits per heavy atom. The summed E-state index contributed by atoms with van der Waals surface area (Å²) in [5.41, 5.74) is 7.29. The average Bonchev–Trinajstić information content (AvgIpc) is 2.77. The summed E-state index contributed by atoms with van der Waals surface area (Å²) < 4.78 is 0. The summed E-state index contributed by atoms with van der Waals surface area (Å²) in [4.78, 5) is 14.9. The third kappa shape index (κ3) is 3.14. The quantitative estimate of drug-likeness (QED) is 0.896. The molecule has 0 aliphatic carbocycles. The number of carbonyl (C=O) groups is 1. The summed E-state index contributed by atoms with van der Waals surface area (Å²) >= 11 is 0. The summed E-state index contributed by atoms with van der Waals surface area (Å²) in [6.07, 6.45) is 3.22. The van der Waals surface area contributed by atoms with Gasteiger partial charge >= 0.3 is 0 Å². The van der Waals surface area contributed by atoms with E-state index in [9.17, 15) is 9.90 Å². The zero-order valence-corrected chi connectivity index (χ0v) is 13.7. The van der Waals surface area contributed by atoms with E-state index in [-0.39, 0.29) is 48.5 Å². The number of piperidine rings is 1. The minimum absolute atomic E-state index is 0. The smallest absolute Gasteiger partial charge is 0.227 e. The molecule has 122 valence electrons. The first-order valence-corrected chi connectivity index (χ1v) is 7.88. The van der Waals surface area contributed by atoms with E-state index in [0.29, 0.717) is 0 Å². The lowest BCUT2D eigenvalue weighted by molar-refractivity contribution is -0.142. The van der Waals surface area contributed by atoms with Crippen molar-refractivity contribution in [2.45, 2.75) is 56.8 Å². The molecule has 3 rings (SSSR count). The van der Waals surface area contributed by atoms with Crippen molar-refractivity contribution in [2.75, 3.05) is 0 Å². The van der Waals surface area contributed by atoms with Crippen LogP contribution in [0.3, 0.4) is 0 Å². The number of aliphatic hydroxyl groups excluding tert-OH is 1. The number of hydrogen-bond acceptors (Lipinski definition) is 3. The molecule has 1 aromatic carbocycles. The molecule has 3 N–H and O–H groups in total. The lowest BCUT2D eigenvalue weighted by Crippen LogP contribution is -2.51. The Hall–Kier alpha value is -1.10. The molecular weight excluding hydrogens is 300 g/mol. The predicted molar refractivity (Wildman–Crippen MR) is 88.7 cm³/mol. The lowest BCUT2D eigenvalue weighted by atomic mass is 9.91. The van der Waals surface area contributed by atoms with Crippen LogP contribution in [0, 0.1) is 5.92 Å². The van der Waals surface area contributed by atoms with Crippen molar-refractivity contribution in [3.63, 3.8) is 0 Å². The number of benzene rings is 1. The van der Waals surface area contributed by atoms with Crippen molar-refractivity contribution in [1.29, 1.82) is 0 Å². The van der Waals surface area contributed by atoms with Gasteiger partial charge in [0.1, 0.15) is 0 Å². The number of fused-ring (bicyclic) bond motifs is 2. The van der Waals surface area contributed by atoms with Crippen LogP contribution in [0.25, 0.3) is 0 Å². The van der Waals surface area contributed by atoms with Crippen LogP contribution >= 0.6 is 12.4 Å². The van der Waals surface area contributed by atoms with Crippen LogP contribution < -0.4 is 5.73 Å². The fraction of sp³-hybridized carbons (Fsp3) is 0.588. The first kappa shape index (κ1) is 17.3. The van der Waals surface area contributed by atoms with Crippen molar-refractivity contribution in [1.82, 2.24) is 4.90 Å². The molecule has 0 spiro atoms. The van der Waals surface area contributed by atoms with Gasteiger partial charge in [-0.05, 0) is 31.2 Å². The number of nitrogens with two attached hydrogens (primary N) is 1. The van der Waals surface area contributed by atoms with Gasteiger partial charge in [-0.2, -0.15) is 0 Å². The van der Waals surface area contributed by atoms with E-state index in [1.807, 2.05) is 42.2 Å². The van der Waals surface area contributed by atoms with E-state index in [2.05, 4.69) is 0 Å². The SMILES string of the molecule is CC(C(=O)N1C2CCC1CC(O)C2)C(N)c1ccccc1.Cl. The molecule has 5 heteroatoms. The standard InChI is InChI=1S/C17H24N2O2.ClH/c1-11(16(18)12-5-3-2-4-6-12)17(21)19-13-7-8-14(19)10-15(20)9-13;/h2-6,11,13-16,20H,7-10,18H2,1H3;1H. The van der Waals surface area contributed by atoms with Crippen LogP contribution in [-0.4, -0.2) is 34.1 Å². The summed E-state index contributed by atoms with van der Waals surface area (Å²) in [6.45, 7) is 1.92. The van der Waals surface area contributed by atoms with Crippen LogP contribution in [0.4, 0.5) is 0 Å². The number of hydrogen-bond donors (Lipinski definition) is 2. The van der Waals surface area contributed by atoms with Crippen LogP contribution in [0.15, 0.2) is 30.3 Å². The Kier molecular flexibility index (Phi) is 5.48. The Bertz CT molecular complexity index is 497. The van der Waals surface area contributed by atoms with E-state index in [4.69, 9.17) is 5.73 Å². The number of nitrogens with zero attached hydrogens (tertiary/aromatic N) is 1. The Morgan fingerprint density at radius 1 is 1.23 bits per heavy atom. The molecule has 4 atom stereocenters. The van der Waals surface area contributed by atoms with Gasteiger partial charge in [-0.3, -0.25) is 4.79 Å². The monoisotopic (exact) mass is 324 g/mol. The predicted octanol–water partition coefficient (Wildman–Crippen LogP) is 2.26. The minimum Gasteiger partial charge on any atom is -0.393 e. The number of halogens is 1. The largest absolute Gasteiger partial charge is 0.393 e. The highest BCUT2D eigenvalue weighted by Gasteiger charge is 2.44. The van der Waals surface area contributed by atoms with Gasteiger partial charge in [0.15, 0.2) is 0 Å². The molecule has 4 nitrogen and oxygen atoms in total. The van der Waals surface area contributed by atoms with Gasteiger partial charge in [0.2, 0.25) is 5.91 Å². The Labute approximate surface area is 138 Å². The first-order chi connectivity index (χ1) is 10.1. The van der Waals surface area contributed by atoms with Gasteiger partial charge in [-0.15, -0.1) is 12.4 Å². The molecule has 0 aromatic heterocycles. The summed E-state index contributed by atoms with van der Waals surface area (Å²) in [6, 6.07) is 9.94. The van der Waals surface area contributed by atoms with Crippen LogP contribution in [0.2, 0.25) is 0 Å². The second kappa shape index (κ2) is 6.99. The number of aliphatic hydroxyl groups is 1. The second-order valence-electron chi connectivity index (χ2n) is 6.48. The maximum absolute atomic E-state index is 12.8. The third-order valence-corrected chi connectivity index (χ3v) is 5.08. The van der Waals surface area contributed by atoms with Crippen molar-refractivity contribution in [2.24, 2.45) is 11.7 Å².